The SMILES string of the molecule is CCN1CCc2nc3ccc(C)cc3c(C#N)c2C1. The van der Waals surface area contributed by atoms with E-state index in [0.717, 1.165) is 53.8 Å². The first-order valence-corrected chi connectivity index (χ1v) is 6.77. The molecule has 0 amide bonds. The van der Waals surface area contributed by atoms with Crippen molar-refractivity contribution in [2.24, 2.45) is 0 Å². The van der Waals surface area contributed by atoms with Gasteiger partial charge in [0.1, 0.15) is 6.07 Å². The highest BCUT2D eigenvalue weighted by molar-refractivity contribution is 5.87. The lowest BCUT2D eigenvalue weighted by molar-refractivity contribution is 0.266. The Morgan fingerprint density at radius 1 is 1.42 bits per heavy atom. The molecule has 0 unspecified atom stereocenters. The van der Waals surface area contributed by atoms with Gasteiger partial charge in [-0.25, -0.2) is 0 Å². The standard InChI is InChI=1S/C16H17N3/c1-3-19-7-6-16-14(10-19)13(9-17)12-8-11(2)4-5-15(12)18-16/h4-5,8H,3,6-7,10H2,1-2H3. The fourth-order valence-electron chi connectivity index (χ4n) is 2.81. The summed E-state index contributed by atoms with van der Waals surface area (Å²) in [6, 6.07) is 8.56. The average molecular weight is 251 g/mol. The molecule has 0 saturated heterocycles. The second-order valence-corrected chi connectivity index (χ2v) is 5.16. The predicted molar refractivity (Wildman–Crippen MR) is 75.9 cm³/mol. The van der Waals surface area contributed by atoms with Gasteiger partial charge in [0.2, 0.25) is 0 Å². The van der Waals surface area contributed by atoms with E-state index in [0.29, 0.717) is 0 Å². The first-order valence-electron chi connectivity index (χ1n) is 6.77. The van der Waals surface area contributed by atoms with Crippen molar-refractivity contribution in [3.63, 3.8) is 0 Å². The number of hydrogen-bond donors (Lipinski definition) is 0. The number of nitrogens with zero attached hydrogens (tertiary/aromatic N) is 3. The Hall–Kier alpha value is -1.92. The molecule has 3 nitrogen and oxygen atoms in total. The molecule has 0 radical (unpaired) electrons. The van der Waals surface area contributed by atoms with Gasteiger partial charge in [0, 0.05) is 36.2 Å². The molecule has 2 heterocycles. The fraction of sp³-hybridized carbons (Fsp3) is 0.375. The summed E-state index contributed by atoms with van der Waals surface area (Å²) in [5.74, 6) is 0. The molecule has 0 aliphatic carbocycles. The molecule has 3 heteroatoms. The van der Waals surface area contributed by atoms with Crippen LogP contribution in [0.15, 0.2) is 18.2 Å². The number of fused-ring (bicyclic) bond motifs is 2. The van der Waals surface area contributed by atoms with E-state index < -0.39 is 0 Å². The summed E-state index contributed by atoms with van der Waals surface area (Å²) in [6.07, 6.45) is 0.946. The quantitative estimate of drug-likeness (QED) is 0.782. The zero-order valence-electron chi connectivity index (χ0n) is 11.4. The van der Waals surface area contributed by atoms with Gasteiger partial charge in [0.15, 0.2) is 0 Å². The smallest absolute Gasteiger partial charge is 0.100 e. The maximum Gasteiger partial charge on any atom is 0.100 e. The molecule has 0 saturated carbocycles. The third-order valence-electron chi connectivity index (χ3n) is 3.93. The van der Waals surface area contributed by atoms with Gasteiger partial charge >= 0.3 is 0 Å². The number of likely N-dealkylation sites (N-methyl/N-ethyl adjacent to an activating group) is 1. The van der Waals surface area contributed by atoms with Crippen LogP contribution in [0.25, 0.3) is 10.9 Å². The van der Waals surface area contributed by atoms with Crippen molar-refractivity contribution < 1.29 is 0 Å². The molecule has 0 N–H and O–H groups in total. The third-order valence-corrected chi connectivity index (χ3v) is 3.93. The lowest BCUT2D eigenvalue weighted by atomic mass is 9.96. The van der Waals surface area contributed by atoms with Gasteiger partial charge in [-0.2, -0.15) is 5.26 Å². The van der Waals surface area contributed by atoms with E-state index in [4.69, 9.17) is 4.98 Å². The summed E-state index contributed by atoms with van der Waals surface area (Å²) in [4.78, 5) is 7.12. The van der Waals surface area contributed by atoms with Crippen molar-refractivity contribution in [3.05, 3.63) is 40.6 Å². The Kier molecular flexibility index (Phi) is 2.96. The molecule has 2 aromatic rings. The van der Waals surface area contributed by atoms with Gasteiger partial charge in [0.05, 0.1) is 11.1 Å². The molecular formula is C16H17N3. The van der Waals surface area contributed by atoms with Crippen LogP contribution < -0.4 is 0 Å². The number of hydrogen-bond acceptors (Lipinski definition) is 3. The summed E-state index contributed by atoms with van der Waals surface area (Å²) in [6.45, 7) is 7.13. The summed E-state index contributed by atoms with van der Waals surface area (Å²) >= 11 is 0. The van der Waals surface area contributed by atoms with Gasteiger partial charge < -0.3 is 0 Å². The highest BCUT2D eigenvalue weighted by Gasteiger charge is 2.21. The lowest BCUT2D eigenvalue weighted by Gasteiger charge is -2.28. The summed E-state index contributed by atoms with van der Waals surface area (Å²) < 4.78 is 0. The largest absolute Gasteiger partial charge is 0.299 e. The van der Waals surface area contributed by atoms with Gasteiger partial charge in [-0.1, -0.05) is 18.6 Å². The van der Waals surface area contributed by atoms with Gasteiger partial charge in [-0.05, 0) is 25.6 Å². The Morgan fingerprint density at radius 2 is 2.26 bits per heavy atom. The summed E-state index contributed by atoms with van der Waals surface area (Å²) in [5.41, 5.74) is 5.19. The minimum absolute atomic E-state index is 0.821. The van der Waals surface area contributed by atoms with Gasteiger partial charge in [-0.15, -0.1) is 0 Å². The van der Waals surface area contributed by atoms with Crippen molar-refractivity contribution in [1.82, 2.24) is 9.88 Å². The van der Waals surface area contributed by atoms with Crippen LogP contribution in [0.3, 0.4) is 0 Å². The van der Waals surface area contributed by atoms with Crippen LogP contribution in [0.5, 0.6) is 0 Å². The van der Waals surface area contributed by atoms with Crippen LogP contribution in [-0.4, -0.2) is 23.0 Å². The van der Waals surface area contributed by atoms with Gasteiger partial charge in [-0.3, -0.25) is 9.88 Å². The molecule has 1 aromatic heterocycles. The Morgan fingerprint density at radius 3 is 3.00 bits per heavy atom. The highest BCUT2D eigenvalue weighted by atomic mass is 15.1. The Bertz CT molecular complexity index is 682. The average Bonchev–Trinajstić information content (AvgIpc) is 2.44. The molecule has 0 spiro atoms. The number of pyridine rings is 1. The molecule has 0 bridgehead atoms. The van der Waals surface area contributed by atoms with Crippen LogP contribution in [-0.2, 0) is 13.0 Å². The normalized spacial score (nSPS) is 15.2. The van der Waals surface area contributed by atoms with Crippen LogP contribution in [0.4, 0.5) is 0 Å². The van der Waals surface area contributed by atoms with E-state index in [2.05, 4.69) is 36.9 Å². The summed E-state index contributed by atoms with van der Waals surface area (Å²) in [7, 11) is 0. The number of aryl methyl sites for hydroxylation is 1. The van der Waals surface area contributed by atoms with E-state index in [9.17, 15) is 5.26 Å². The number of aromatic nitrogens is 1. The second kappa shape index (κ2) is 4.64. The van der Waals surface area contributed by atoms with Crippen molar-refractivity contribution in [2.45, 2.75) is 26.8 Å². The van der Waals surface area contributed by atoms with Crippen molar-refractivity contribution in [1.29, 1.82) is 5.26 Å². The number of nitriles is 1. The maximum absolute atomic E-state index is 9.55. The number of rotatable bonds is 1. The first kappa shape index (κ1) is 12.1. The first-order chi connectivity index (χ1) is 9.22. The molecule has 0 atom stereocenters. The molecule has 1 aliphatic heterocycles. The zero-order chi connectivity index (χ0) is 13.4. The molecule has 19 heavy (non-hydrogen) atoms. The number of benzene rings is 1. The molecule has 1 aromatic carbocycles. The van der Waals surface area contributed by atoms with Crippen molar-refractivity contribution in [3.8, 4) is 6.07 Å². The van der Waals surface area contributed by atoms with E-state index in [-0.39, 0.29) is 0 Å². The topological polar surface area (TPSA) is 39.9 Å². The minimum Gasteiger partial charge on any atom is -0.299 e. The highest BCUT2D eigenvalue weighted by Crippen LogP contribution is 2.28. The van der Waals surface area contributed by atoms with E-state index in [1.165, 1.54) is 5.56 Å². The monoisotopic (exact) mass is 251 g/mol. The van der Waals surface area contributed by atoms with E-state index in [1.54, 1.807) is 0 Å². The second-order valence-electron chi connectivity index (χ2n) is 5.16. The molecule has 1 aliphatic rings. The molecular weight excluding hydrogens is 234 g/mol. The van der Waals surface area contributed by atoms with Gasteiger partial charge in [0.25, 0.3) is 0 Å². The fourth-order valence-corrected chi connectivity index (χ4v) is 2.81. The van der Waals surface area contributed by atoms with E-state index >= 15 is 0 Å². The van der Waals surface area contributed by atoms with Crippen LogP contribution in [0.2, 0.25) is 0 Å². The third kappa shape index (κ3) is 1.98. The van der Waals surface area contributed by atoms with Crippen molar-refractivity contribution in [2.75, 3.05) is 13.1 Å². The predicted octanol–water partition coefficient (Wildman–Crippen LogP) is 2.79. The molecule has 0 fully saturated rings. The Balaban J connectivity index is 2.27. The van der Waals surface area contributed by atoms with E-state index in [1.807, 2.05) is 6.07 Å². The molecule has 96 valence electrons. The van der Waals surface area contributed by atoms with Crippen LogP contribution in [0.1, 0.15) is 29.3 Å². The van der Waals surface area contributed by atoms with Crippen LogP contribution in [0, 0.1) is 18.3 Å². The minimum atomic E-state index is 0.821. The van der Waals surface area contributed by atoms with Crippen molar-refractivity contribution >= 4 is 10.9 Å². The zero-order valence-corrected chi connectivity index (χ0v) is 11.4. The Labute approximate surface area is 113 Å². The molecule has 3 rings (SSSR count). The maximum atomic E-state index is 9.55. The van der Waals surface area contributed by atoms with Crippen LogP contribution >= 0.6 is 0 Å². The summed E-state index contributed by atoms with van der Waals surface area (Å²) in [5, 5.41) is 10.5. The lowest BCUT2D eigenvalue weighted by Crippen LogP contribution is -2.31.